The third-order valence-corrected chi connectivity index (χ3v) is 6.67. The average Bonchev–Trinajstić information content (AvgIpc) is 3.14. The molecule has 0 unspecified atom stereocenters. The number of rotatable bonds is 8. The van der Waals surface area contributed by atoms with Crippen LogP contribution in [0.5, 0.6) is 0 Å². The molecule has 0 spiro atoms. The molecule has 0 aliphatic heterocycles. The van der Waals surface area contributed by atoms with Gasteiger partial charge in [-0.2, -0.15) is 0 Å². The zero-order valence-corrected chi connectivity index (χ0v) is 19.1. The number of benzene rings is 2. The predicted molar refractivity (Wildman–Crippen MR) is 125 cm³/mol. The molecule has 156 valence electrons. The molecule has 3 aromatic rings. The van der Waals surface area contributed by atoms with Crippen LogP contribution in [0.15, 0.2) is 58.9 Å². The maximum absolute atomic E-state index is 12.5. The molecule has 0 aliphatic rings. The summed E-state index contributed by atoms with van der Waals surface area (Å²) >= 11 is 8.09. The van der Waals surface area contributed by atoms with Gasteiger partial charge in [0.05, 0.1) is 11.4 Å². The van der Waals surface area contributed by atoms with E-state index in [1.165, 1.54) is 23.1 Å². The molecule has 3 rings (SSSR count). The molecule has 0 aliphatic carbocycles. The normalized spacial score (nSPS) is 10.6. The fourth-order valence-electron chi connectivity index (χ4n) is 2.80. The number of nitrogens with zero attached hydrogens (tertiary/aromatic N) is 3. The van der Waals surface area contributed by atoms with Gasteiger partial charge in [0.25, 0.3) is 5.91 Å². The standard InChI is InChI=1S/C21H22N4O2S3/c1-3-24(4-2)19(27)15-9-8-10-16(13-15)22-18(26)14-29-20-23-25(21(28)30-20)17-11-6-5-7-12-17/h5-13H,3-4,14H2,1-2H3,(H,22,26). The Balaban J connectivity index is 1.61. The lowest BCUT2D eigenvalue weighted by molar-refractivity contribution is -0.113. The first-order chi connectivity index (χ1) is 14.5. The van der Waals surface area contributed by atoms with Crippen LogP contribution in [0.2, 0.25) is 0 Å². The van der Waals surface area contributed by atoms with Gasteiger partial charge in [0.2, 0.25) is 5.91 Å². The Bertz CT molecular complexity index is 1080. The van der Waals surface area contributed by atoms with Crippen LogP contribution < -0.4 is 5.32 Å². The Morgan fingerprint density at radius 3 is 2.57 bits per heavy atom. The van der Waals surface area contributed by atoms with E-state index < -0.39 is 0 Å². The molecular formula is C21H22N4O2S3. The number of hydrogen-bond donors (Lipinski definition) is 1. The molecule has 1 heterocycles. The number of para-hydroxylation sites is 1. The molecule has 0 bridgehead atoms. The summed E-state index contributed by atoms with van der Waals surface area (Å²) in [5, 5.41) is 7.35. The summed E-state index contributed by atoms with van der Waals surface area (Å²) in [4.78, 5) is 26.6. The molecule has 2 amide bonds. The van der Waals surface area contributed by atoms with Crippen LogP contribution >= 0.6 is 35.3 Å². The highest BCUT2D eigenvalue weighted by Gasteiger charge is 2.14. The second-order valence-electron chi connectivity index (χ2n) is 6.28. The van der Waals surface area contributed by atoms with Crippen molar-refractivity contribution < 1.29 is 9.59 Å². The Hall–Kier alpha value is -2.49. The highest BCUT2D eigenvalue weighted by Crippen LogP contribution is 2.24. The second-order valence-corrected chi connectivity index (χ2v) is 9.12. The van der Waals surface area contributed by atoms with E-state index in [2.05, 4.69) is 10.4 Å². The lowest BCUT2D eigenvalue weighted by Gasteiger charge is -2.19. The highest BCUT2D eigenvalue weighted by atomic mass is 32.2. The van der Waals surface area contributed by atoms with Gasteiger partial charge >= 0.3 is 0 Å². The molecule has 0 fully saturated rings. The topological polar surface area (TPSA) is 67.2 Å². The third-order valence-electron chi connectivity index (χ3n) is 4.30. The molecule has 0 atom stereocenters. The van der Waals surface area contributed by atoms with Gasteiger partial charge in [-0.1, -0.05) is 47.4 Å². The largest absolute Gasteiger partial charge is 0.339 e. The number of nitrogens with one attached hydrogen (secondary N) is 1. The van der Waals surface area contributed by atoms with Crippen molar-refractivity contribution >= 4 is 52.8 Å². The SMILES string of the molecule is CCN(CC)C(=O)c1cccc(NC(=O)CSc2nn(-c3ccccc3)c(=S)s2)c1. The minimum Gasteiger partial charge on any atom is -0.339 e. The number of carbonyl (C=O) groups excluding carboxylic acids is 2. The zero-order valence-electron chi connectivity index (χ0n) is 16.7. The summed E-state index contributed by atoms with van der Waals surface area (Å²) in [5.74, 6) is -0.0119. The number of amides is 2. The second kappa shape index (κ2) is 10.5. The number of anilines is 1. The van der Waals surface area contributed by atoms with Crippen LogP contribution in [0.3, 0.4) is 0 Å². The van der Waals surface area contributed by atoms with Crippen LogP contribution in [0, 0.1) is 3.95 Å². The smallest absolute Gasteiger partial charge is 0.253 e. The minimum absolute atomic E-state index is 0.0447. The third kappa shape index (κ3) is 5.56. The summed E-state index contributed by atoms with van der Waals surface area (Å²) in [5.41, 5.74) is 2.05. The predicted octanol–water partition coefficient (Wildman–Crippen LogP) is 4.88. The van der Waals surface area contributed by atoms with E-state index in [1.54, 1.807) is 33.8 Å². The van der Waals surface area contributed by atoms with Gasteiger partial charge in [0, 0.05) is 24.3 Å². The van der Waals surface area contributed by atoms with Crippen molar-refractivity contribution in [3.05, 3.63) is 64.1 Å². The van der Waals surface area contributed by atoms with Gasteiger partial charge in [-0.3, -0.25) is 9.59 Å². The van der Waals surface area contributed by atoms with Gasteiger partial charge in [-0.15, -0.1) is 5.10 Å². The van der Waals surface area contributed by atoms with Crippen molar-refractivity contribution in [3.63, 3.8) is 0 Å². The lowest BCUT2D eigenvalue weighted by Crippen LogP contribution is -2.30. The number of aromatic nitrogens is 2. The number of thioether (sulfide) groups is 1. The number of hydrogen-bond acceptors (Lipinski definition) is 6. The molecular weight excluding hydrogens is 436 g/mol. The molecule has 9 heteroatoms. The maximum Gasteiger partial charge on any atom is 0.253 e. The van der Waals surface area contributed by atoms with Crippen LogP contribution in [0.25, 0.3) is 5.69 Å². The van der Waals surface area contributed by atoms with Crippen LogP contribution in [-0.4, -0.2) is 45.3 Å². The van der Waals surface area contributed by atoms with E-state index in [9.17, 15) is 9.59 Å². The van der Waals surface area contributed by atoms with E-state index in [0.29, 0.717) is 28.3 Å². The van der Waals surface area contributed by atoms with Gasteiger partial charge in [-0.25, -0.2) is 4.68 Å². The van der Waals surface area contributed by atoms with Crippen molar-refractivity contribution in [1.82, 2.24) is 14.7 Å². The van der Waals surface area contributed by atoms with Gasteiger partial charge in [-0.05, 0) is 56.4 Å². The first-order valence-electron chi connectivity index (χ1n) is 9.49. The van der Waals surface area contributed by atoms with Gasteiger partial charge in [0.15, 0.2) is 8.29 Å². The Kier molecular flexibility index (Phi) is 7.78. The average molecular weight is 459 g/mol. The summed E-state index contributed by atoms with van der Waals surface area (Å²) in [7, 11) is 0. The van der Waals surface area contributed by atoms with Crippen molar-refractivity contribution in [2.45, 2.75) is 18.2 Å². The van der Waals surface area contributed by atoms with Gasteiger partial charge < -0.3 is 10.2 Å². The maximum atomic E-state index is 12.5. The molecule has 0 saturated carbocycles. The van der Waals surface area contributed by atoms with E-state index >= 15 is 0 Å². The molecule has 2 aromatic carbocycles. The zero-order chi connectivity index (χ0) is 21.5. The molecule has 0 radical (unpaired) electrons. The van der Waals surface area contributed by atoms with E-state index in [0.717, 1.165) is 10.0 Å². The van der Waals surface area contributed by atoms with E-state index in [-0.39, 0.29) is 17.6 Å². The molecule has 6 nitrogen and oxygen atoms in total. The van der Waals surface area contributed by atoms with E-state index in [4.69, 9.17) is 12.2 Å². The molecule has 1 aromatic heterocycles. The fraction of sp³-hybridized carbons (Fsp3) is 0.238. The highest BCUT2D eigenvalue weighted by molar-refractivity contribution is 8.01. The van der Waals surface area contributed by atoms with E-state index in [1.807, 2.05) is 44.2 Å². The summed E-state index contributed by atoms with van der Waals surface area (Å²) in [6, 6.07) is 16.7. The van der Waals surface area contributed by atoms with Crippen LogP contribution in [0.1, 0.15) is 24.2 Å². The monoisotopic (exact) mass is 458 g/mol. The molecule has 30 heavy (non-hydrogen) atoms. The lowest BCUT2D eigenvalue weighted by atomic mass is 10.1. The fourth-order valence-corrected chi connectivity index (χ4v) is 4.96. The van der Waals surface area contributed by atoms with Crippen molar-refractivity contribution in [1.29, 1.82) is 0 Å². The first-order valence-corrected chi connectivity index (χ1v) is 11.7. The van der Waals surface area contributed by atoms with Crippen molar-refractivity contribution in [3.8, 4) is 5.69 Å². The Morgan fingerprint density at radius 1 is 1.13 bits per heavy atom. The Morgan fingerprint density at radius 2 is 1.87 bits per heavy atom. The molecule has 0 saturated heterocycles. The van der Waals surface area contributed by atoms with Gasteiger partial charge in [0.1, 0.15) is 0 Å². The first kappa shape index (κ1) is 22.2. The van der Waals surface area contributed by atoms with Crippen LogP contribution in [-0.2, 0) is 4.79 Å². The molecule has 1 N–H and O–H groups in total. The van der Waals surface area contributed by atoms with Crippen molar-refractivity contribution in [2.24, 2.45) is 0 Å². The quantitative estimate of drug-likeness (QED) is 0.385. The summed E-state index contributed by atoms with van der Waals surface area (Å²) in [6.07, 6.45) is 0. The summed E-state index contributed by atoms with van der Waals surface area (Å²) < 4.78 is 3.05. The van der Waals surface area contributed by atoms with Crippen molar-refractivity contribution in [2.75, 3.05) is 24.2 Å². The summed E-state index contributed by atoms with van der Waals surface area (Å²) in [6.45, 7) is 5.17. The number of carbonyl (C=O) groups is 2. The van der Waals surface area contributed by atoms with Crippen LogP contribution in [0.4, 0.5) is 5.69 Å². The Labute approximate surface area is 188 Å². The minimum atomic E-state index is -0.167.